The van der Waals surface area contributed by atoms with Crippen molar-refractivity contribution in [3.63, 3.8) is 0 Å². The number of aliphatic hydroxyl groups is 1. The smallest absolute Gasteiger partial charge is 0.166 e. The summed E-state index contributed by atoms with van der Waals surface area (Å²) in [6.07, 6.45) is 4.52. The van der Waals surface area contributed by atoms with Crippen molar-refractivity contribution in [1.29, 1.82) is 0 Å². The molecule has 0 bridgehead atoms. The molecule has 142 valence electrons. The van der Waals surface area contributed by atoms with Crippen molar-refractivity contribution >= 4 is 0 Å². The number of hydrogen-bond donors (Lipinski definition) is 2. The van der Waals surface area contributed by atoms with Gasteiger partial charge in [0.05, 0.1) is 26.0 Å². The molecule has 4 rings (SSSR count). The largest absolute Gasteiger partial charge is 0.508 e. The summed E-state index contributed by atoms with van der Waals surface area (Å²) < 4.78 is 8.67. The van der Waals surface area contributed by atoms with Gasteiger partial charge in [0.2, 0.25) is 0 Å². The van der Waals surface area contributed by atoms with Crippen molar-refractivity contribution in [3.05, 3.63) is 72.7 Å². The first-order valence-electron chi connectivity index (χ1n) is 8.69. The van der Waals surface area contributed by atoms with Crippen LogP contribution in [-0.4, -0.2) is 41.9 Å². The van der Waals surface area contributed by atoms with Crippen LogP contribution in [0.5, 0.6) is 11.5 Å². The normalized spacial score (nSPS) is 12.1. The monoisotopic (exact) mass is 377 g/mol. The highest BCUT2D eigenvalue weighted by atomic mass is 16.5. The predicted octanol–water partition coefficient (Wildman–Crippen LogP) is 2.58. The molecule has 0 saturated carbocycles. The minimum Gasteiger partial charge on any atom is -0.508 e. The number of imidazole rings is 1. The Hall–Kier alpha value is -3.65. The second kappa shape index (κ2) is 7.53. The van der Waals surface area contributed by atoms with Crippen LogP contribution in [-0.2, 0) is 6.54 Å². The molecule has 0 aliphatic heterocycles. The molecule has 2 aromatic heterocycles. The molecule has 0 amide bonds. The summed E-state index contributed by atoms with van der Waals surface area (Å²) in [7, 11) is 1.63. The van der Waals surface area contributed by atoms with Gasteiger partial charge in [-0.15, -0.1) is 5.10 Å². The Kier molecular flexibility index (Phi) is 4.77. The fourth-order valence-corrected chi connectivity index (χ4v) is 2.91. The summed E-state index contributed by atoms with van der Waals surface area (Å²) in [6, 6.07) is 14.1. The summed E-state index contributed by atoms with van der Waals surface area (Å²) in [6.45, 7) is 0.237. The molecule has 0 fully saturated rings. The number of aromatic hydroxyl groups is 1. The van der Waals surface area contributed by atoms with Gasteiger partial charge in [-0.25, -0.2) is 9.67 Å². The molecule has 0 aliphatic rings. The molecule has 1 atom stereocenters. The quantitative estimate of drug-likeness (QED) is 0.536. The second-order valence-electron chi connectivity index (χ2n) is 6.25. The number of nitrogens with zero attached hydrogens (tertiary/aromatic N) is 5. The summed E-state index contributed by atoms with van der Waals surface area (Å²) in [5, 5.41) is 28.0. The van der Waals surface area contributed by atoms with Gasteiger partial charge in [0, 0.05) is 18.1 Å². The summed E-state index contributed by atoms with van der Waals surface area (Å²) in [4.78, 5) is 4.39. The van der Waals surface area contributed by atoms with Gasteiger partial charge in [0.15, 0.2) is 5.82 Å². The summed E-state index contributed by atoms with van der Waals surface area (Å²) in [5.74, 6) is 1.58. The van der Waals surface area contributed by atoms with Gasteiger partial charge in [-0.1, -0.05) is 17.3 Å². The molecule has 8 heteroatoms. The van der Waals surface area contributed by atoms with Gasteiger partial charge in [-0.05, 0) is 42.0 Å². The van der Waals surface area contributed by atoms with Crippen molar-refractivity contribution < 1.29 is 14.9 Å². The number of ether oxygens (including phenoxy) is 1. The van der Waals surface area contributed by atoms with E-state index in [2.05, 4.69) is 15.3 Å². The third kappa shape index (κ3) is 3.58. The number of hydrogen-bond acceptors (Lipinski definition) is 6. The number of phenols is 1. The molecule has 0 saturated heterocycles. The van der Waals surface area contributed by atoms with Crippen LogP contribution in [0.15, 0.2) is 67.1 Å². The molecule has 2 heterocycles. The lowest BCUT2D eigenvalue weighted by molar-refractivity contribution is 0.150. The van der Waals surface area contributed by atoms with Gasteiger partial charge in [-0.2, -0.15) is 0 Å². The van der Waals surface area contributed by atoms with Gasteiger partial charge >= 0.3 is 0 Å². The van der Waals surface area contributed by atoms with Crippen LogP contribution in [0.2, 0.25) is 0 Å². The van der Waals surface area contributed by atoms with Crippen LogP contribution in [0.3, 0.4) is 0 Å². The molecule has 0 aliphatic carbocycles. The average Bonchev–Trinajstić information content (AvgIpc) is 3.38. The Morgan fingerprint density at radius 1 is 1.07 bits per heavy atom. The van der Waals surface area contributed by atoms with Gasteiger partial charge in [-0.3, -0.25) is 4.57 Å². The molecule has 0 radical (unpaired) electrons. The summed E-state index contributed by atoms with van der Waals surface area (Å²) >= 11 is 0. The number of methoxy groups -OCH3 is 1. The molecule has 2 N–H and O–H groups in total. The van der Waals surface area contributed by atoms with Gasteiger partial charge in [0.25, 0.3) is 0 Å². The zero-order valence-electron chi connectivity index (χ0n) is 15.2. The average molecular weight is 377 g/mol. The van der Waals surface area contributed by atoms with E-state index >= 15 is 0 Å². The van der Waals surface area contributed by atoms with E-state index in [1.807, 2.05) is 35.0 Å². The Balaban J connectivity index is 1.55. The highest BCUT2D eigenvalue weighted by molar-refractivity contribution is 5.53. The Morgan fingerprint density at radius 2 is 1.82 bits per heavy atom. The van der Waals surface area contributed by atoms with Crippen LogP contribution >= 0.6 is 0 Å². The highest BCUT2D eigenvalue weighted by Gasteiger charge is 2.14. The fraction of sp³-hybridized carbons (Fsp3) is 0.150. The summed E-state index contributed by atoms with van der Waals surface area (Å²) in [5.41, 5.74) is 2.21. The lowest BCUT2D eigenvalue weighted by Crippen LogP contribution is -2.09. The maximum absolute atomic E-state index is 10.4. The SMILES string of the molecule is COc1ccc(-n2ccnc2-c2cn(C[C@H](O)c3ccc(O)cc3)nn2)cc1. The van der Waals surface area contributed by atoms with E-state index in [1.54, 1.807) is 36.3 Å². The van der Waals surface area contributed by atoms with Crippen LogP contribution in [0, 0.1) is 0 Å². The van der Waals surface area contributed by atoms with E-state index < -0.39 is 6.10 Å². The van der Waals surface area contributed by atoms with E-state index in [9.17, 15) is 10.2 Å². The third-order valence-corrected chi connectivity index (χ3v) is 4.40. The molecular formula is C20H19N5O3. The van der Waals surface area contributed by atoms with E-state index in [0.29, 0.717) is 17.1 Å². The van der Waals surface area contributed by atoms with E-state index in [4.69, 9.17) is 4.74 Å². The highest BCUT2D eigenvalue weighted by Crippen LogP contribution is 2.22. The first-order valence-corrected chi connectivity index (χ1v) is 8.69. The minimum absolute atomic E-state index is 0.157. The first-order chi connectivity index (χ1) is 13.6. The standard InChI is InChI=1S/C20H19N5O3/c1-28-17-8-4-15(5-9-17)25-11-10-21-20(25)18-12-24(23-22-18)13-19(27)14-2-6-16(26)7-3-14/h2-12,19,26-27H,13H2,1H3/t19-/m0/s1. The van der Waals surface area contributed by atoms with Crippen molar-refractivity contribution in [3.8, 4) is 28.7 Å². The van der Waals surface area contributed by atoms with Crippen molar-refractivity contribution in [2.75, 3.05) is 7.11 Å². The first kappa shape index (κ1) is 17.7. The van der Waals surface area contributed by atoms with Crippen molar-refractivity contribution in [2.45, 2.75) is 12.6 Å². The molecule has 28 heavy (non-hydrogen) atoms. The van der Waals surface area contributed by atoms with Crippen LogP contribution in [0.25, 0.3) is 17.2 Å². The molecular weight excluding hydrogens is 358 g/mol. The minimum atomic E-state index is -0.767. The number of phenolic OH excluding ortho intramolecular Hbond substituents is 1. The van der Waals surface area contributed by atoms with Gasteiger partial charge in [0.1, 0.15) is 17.2 Å². The third-order valence-electron chi connectivity index (χ3n) is 4.40. The number of aliphatic hydroxyl groups excluding tert-OH is 1. The fourth-order valence-electron chi connectivity index (χ4n) is 2.91. The molecule has 2 aromatic carbocycles. The van der Waals surface area contributed by atoms with Crippen LogP contribution < -0.4 is 4.74 Å². The zero-order valence-corrected chi connectivity index (χ0v) is 15.2. The Morgan fingerprint density at radius 3 is 2.54 bits per heavy atom. The topological polar surface area (TPSA) is 98.2 Å². The van der Waals surface area contributed by atoms with Crippen molar-refractivity contribution in [1.82, 2.24) is 24.5 Å². The second-order valence-corrected chi connectivity index (χ2v) is 6.25. The maximum atomic E-state index is 10.4. The lowest BCUT2D eigenvalue weighted by Gasteiger charge is -2.10. The number of aromatic nitrogens is 5. The Labute approximate surface area is 161 Å². The molecule has 0 unspecified atom stereocenters. The lowest BCUT2D eigenvalue weighted by atomic mass is 10.1. The zero-order chi connectivity index (χ0) is 19.5. The van der Waals surface area contributed by atoms with E-state index in [-0.39, 0.29) is 12.3 Å². The molecule has 0 spiro atoms. The molecule has 8 nitrogen and oxygen atoms in total. The van der Waals surface area contributed by atoms with Crippen LogP contribution in [0.1, 0.15) is 11.7 Å². The predicted molar refractivity (Wildman–Crippen MR) is 102 cm³/mol. The molecule has 4 aromatic rings. The maximum Gasteiger partial charge on any atom is 0.166 e. The number of rotatable bonds is 6. The number of benzene rings is 2. The Bertz CT molecular complexity index is 1050. The van der Waals surface area contributed by atoms with Crippen molar-refractivity contribution in [2.24, 2.45) is 0 Å². The van der Waals surface area contributed by atoms with E-state index in [0.717, 1.165) is 11.4 Å². The van der Waals surface area contributed by atoms with Crippen LogP contribution in [0.4, 0.5) is 0 Å². The van der Waals surface area contributed by atoms with Gasteiger partial charge < -0.3 is 14.9 Å². The van der Waals surface area contributed by atoms with E-state index in [1.165, 1.54) is 12.1 Å².